The standard InChI is InChI=1S/C30H48O/c1-20(2)10-9-11-21(3)22-14-18-29(7)23(22)12-13-25-28(6)17-16-26(31)27(4,5)24(28)15-19-30(25,29)8/h10,21,24-25H,9,11-19H2,1-8H3. The molecule has 0 radical (unpaired) electrons. The molecule has 0 N–H and O–H groups in total. The molecule has 0 aliphatic heterocycles. The van der Waals surface area contributed by atoms with E-state index in [1.54, 1.807) is 0 Å². The lowest BCUT2D eigenvalue weighted by Crippen LogP contribution is -2.62. The fourth-order valence-electron chi connectivity index (χ4n) is 9.40. The van der Waals surface area contributed by atoms with Gasteiger partial charge in [0.05, 0.1) is 0 Å². The van der Waals surface area contributed by atoms with Gasteiger partial charge in [0.15, 0.2) is 0 Å². The van der Waals surface area contributed by atoms with Crippen molar-refractivity contribution < 1.29 is 4.79 Å². The number of carbonyl (C=O) groups is 1. The van der Waals surface area contributed by atoms with Crippen molar-refractivity contribution in [2.75, 3.05) is 0 Å². The Morgan fingerprint density at radius 3 is 2.35 bits per heavy atom. The van der Waals surface area contributed by atoms with Crippen LogP contribution in [0.2, 0.25) is 0 Å². The van der Waals surface area contributed by atoms with Crippen molar-refractivity contribution in [3.8, 4) is 0 Å². The van der Waals surface area contributed by atoms with E-state index in [1.807, 2.05) is 11.1 Å². The highest BCUT2D eigenvalue weighted by Crippen LogP contribution is 2.74. The van der Waals surface area contributed by atoms with Crippen molar-refractivity contribution in [1.29, 1.82) is 0 Å². The number of hydrogen-bond donors (Lipinski definition) is 0. The van der Waals surface area contributed by atoms with Gasteiger partial charge >= 0.3 is 0 Å². The minimum Gasteiger partial charge on any atom is -0.299 e. The maximum atomic E-state index is 12.8. The van der Waals surface area contributed by atoms with E-state index < -0.39 is 0 Å². The number of Topliss-reactive ketones (excluding diaryl/α,β-unsaturated/α-hetero) is 1. The Morgan fingerprint density at radius 1 is 0.968 bits per heavy atom. The van der Waals surface area contributed by atoms with Gasteiger partial charge < -0.3 is 0 Å². The van der Waals surface area contributed by atoms with E-state index in [-0.39, 0.29) is 5.41 Å². The fourth-order valence-corrected chi connectivity index (χ4v) is 9.40. The smallest absolute Gasteiger partial charge is 0.138 e. The van der Waals surface area contributed by atoms with Crippen LogP contribution in [0.4, 0.5) is 0 Å². The molecule has 1 heteroatoms. The molecule has 0 spiro atoms. The molecule has 0 bridgehead atoms. The van der Waals surface area contributed by atoms with Gasteiger partial charge in [-0.2, -0.15) is 0 Å². The molecule has 174 valence electrons. The second-order valence-electron chi connectivity index (χ2n) is 13.3. The predicted molar refractivity (Wildman–Crippen MR) is 132 cm³/mol. The molecule has 3 saturated carbocycles. The summed E-state index contributed by atoms with van der Waals surface area (Å²) >= 11 is 0. The van der Waals surface area contributed by atoms with Crippen molar-refractivity contribution in [3.05, 3.63) is 22.8 Å². The summed E-state index contributed by atoms with van der Waals surface area (Å²) in [6, 6.07) is 0. The molecule has 1 nitrogen and oxygen atoms in total. The average Bonchev–Trinajstić information content (AvgIpc) is 3.03. The van der Waals surface area contributed by atoms with E-state index in [0.29, 0.717) is 27.9 Å². The van der Waals surface area contributed by atoms with Gasteiger partial charge in [-0.15, -0.1) is 0 Å². The summed E-state index contributed by atoms with van der Waals surface area (Å²) in [5.74, 6) is 2.58. The SMILES string of the molecule is CC(C)=CCCC(C)C1=C2CCC3C4(C)CCC(=O)C(C)(C)C4CCC3(C)C2(C)CC1. The summed E-state index contributed by atoms with van der Waals surface area (Å²) in [6.45, 7) is 19.4. The molecular formula is C30H48O. The number of allylic oxidation sites excluding steroid dienone is 4. The van der Waals surface area contributed by atoms with Crippen LogP contribution in [0.25, 0.3) is 0 Å². The zero-order valence-electron chi connectivity index (χ0n) is 21.8. The lowest BCUT2D eigenvalue weighted by Gasteiger charge is -2.68. The van der Waals surface area contributed by atoms with Crippen LogP contribution in [-0.2, 0) is 4.79 Å². The Bertz CT molecular complexity index is 808. The molecule has 0 aromatic heterocycles. The fraction of sp³-hybridized carbons (Fsp3) is 0.833. The maximum Gasteiger partial charge on any atom is 0.138 e. The minimum absolute atomic E-state index is 0.133. The van der Waals surface area contributed by atoms with Crippen LogP contribution in [-0.4, -0.2) is 5.78 Å². The zero-order chi connectivity index (χ0) is 22.8. The lowest BCUT2D eigenvalue weighted by molar-refractivity contribution is -0.180. The second-order valence-corrected chi connectivity index (χ2v) is 13.3. The van der Waals surface area contributed by atoms with Crippen LogP contribution in [0.3, 0.4) is 0 Å². The third-order valence-corrected chi connectivity index (χ3v) is 11.4. The van der Waals surface area contributed by atoms with Gasteiger partial charge in [0.2, 0.25) is 0 Å². The Labute approximate surface area is 192 Å². The quantitative estimate of drug-likeness (QED) is 0.412. The zero-order valence-corrected chi connectivity index (χ0v) is 21.8. The Hall–Kier alpha value is -0.850. The van der Waals surface area contributed by atoms with Crippen LogP contribution in [0.5, 0.6) is 0 Å². The molecule has 0 heterocycles. The third kappa shape index (κ3) is 3.26. The number of rotatable bonds is 4. The summed E-state index contributed by atoms with van der Waals surface area (Å²) in [6.07, 6.45) is 14.8. The first-order valence-electron chi connectivity index (χ1n) is 13.3. The molecule has 3 fully saturated rings. The molecule has 0 saturated heterocycles. The number of fused-ring (bicyclic) bond motifs is 5. The van der Waals surface area contributed by atoms with Crippen molar-refractivity contribution >= 4 is 5.78 Å². The Kier molecular flexibility index (Phi) is 5.71. The summed E-state index contributed by atoms with van der Waals surface area (Å²) in [4.78, 5) is 12.8. The van der Waals surface area contributed by atoms with Gasteiger partial charge in [0, 0.05) is 11.8 Å². The Morgan fingerprint density at radius 2 is 1.68 bits per heavy atom. The van der Waals surface area contributed by atoms with Crippen LogP contribution in [0.15, 0.2) is 22.8 Å². The van der Waals surface area contributed by atoms with Gasteiger partial charge in [0.1, 0.15) is 5.78 Å². The van der Waals surface area contributed by atoms with Gasteiger partial charge in [-0.25, -0.2) is 0 Å². The summed E-state index contributed by atoms with van der Waals surface area (Å²) in [5, 5.41) is 0. The molecule has 0 amide bonds. The summed E-state index contributed by atoms with van der Waals surface area (Å²) in [7, 11) is 0. The lowest BCUT2D eigenvalue weighted by atomic mass is 9.36. The first kappa shape index (κ1) is 23.3. The number of hydrogen-bond acceptors (Lipinski definition) is 1. The molecular weight excluding hydrogens is 376 g/mol. The molecule has 0 aromatic rings. The van der Waals surface area contributed by atoms with Gasteiger partial charge in [-0.1, -0.05) is 64.3 Å². The number of carbonyl (C=O) groups excluding carboxylic acids is 1. The first-order valence-corrected chi connectivity index (χ1v) is 13.3. The normalized spacial score (nSPS) is 42.5. The number of ketones is 1. The molecule has 4 rings (SSSR count). The molecule has 4 aliphatic carbocycles. The summed E-state index contributed by atoms with van der Waals surface area (Å²) in [5.41, 5.74) is 6.11. The molecule has 6 unspecified atom stereocenters. The Balaban J connectivity index is 1.65. The van der Waals surface area contributed by atoms with Crippen LogP contribution in [0.1, 0.15) is 120 Å². The molecule has 4 aliphatic rings. The van der Waals surface area contributed by atoms with Crippen LogP contribution in [0, 0.1) is 39.4 Å². The van der Waals surface area contributed by atoms with Gasteiger partial charge in [0.25, 0.3) is 0 Å². The van der Waals surface area contributed by atoms with Crippen molar-refractivity contribution in [2.24, 2.45) is 39.4 Å². The summed E-state index contributed by atoms with van der Waals surface area (Å²) < 4.78 is 0. The van der Waals surface area contributed by atoms with Crippen LogP contribution < -0.4 is 0 Å². The first-order chi connectivity index (χ1) is 14.4. The van der Waals surface area contributed by atoms with E-state index >= 15 is 0 Å². The predicted octanol–water partition coefficient (Wildman–Crippen LogP) is 8.69. The highest BCUT2D eigenvalue weighted by molar-refractivity contribution is 5.85. The topological polar surface area (TPSA) is 17.1 Å². The van der Waals surface area contributed by atoms with Gasteiger partial charge in [-0.3, -0.25) is 4.79 Å². The largest absolute Gasteiger partial charge is 0.299 e. The highest BCUT2D eigenvalue weighted by Gasteiger charge is 2.66. The molecule has 6 atom stereocenters. The van der Waals surface area contributed by atoms with E-state index in [0.717, 1.165) is 24.7 Å². The monoisotopic (exact) mass is 424 g/mol. The minimum atomic E-state index is -0.133. The average molecular weight is 425 g/mol. The van der Waals surface area contributed by atoms with Crippen molar-refractivity contribution in [2.45, 2.75) is 120 Å². The highest BCUT2D eigenvalue weighted by atomic mass is 16.1. The van der Waals surface area contributed by atoms with E-state index in [2.05, 4.69) is 61.5 Å². The molecule has 31 heavy (non-hydrogen) atoms. The van der Waals surface area contributed by atoms with Gasteiger partial charge in [-0.05, 0) is 106 Å². The van der Waals surface area contributed by atoms with E-state index in [1.165, 1.54) is 56.9 Å². The third-order valence-electron chi connectivity index (χ3n) is 11.4. The van der Waals surface area contributed by atoms with Crippen molar-refractivity contribution in [1.82, 2.24) is 0 Å². The maximum absolute atomic E-state index is 12.8. The molecule has 0 aromatic carbocycles. The van der Waals surface area contributed by atoms with Crippen LogP contribution >= 0.6 is 0 Å². The second kappa shape index (κ2) is 7.59. The van der Waals surface area contributed by atoms with Crippen molar-refractivity contribution in [3.63, 3.8) is 0 Å². The van der Waals surface area contributed by atoms with E-state index in [9.17, 15) is 4.79 Å². The van der Waals surface area contributed by atoms with E-state index in [4.69, 9.17) is 0 Å².